The summed E-state index contributed by atoms with van der Waals surface area (Å²) >= 11 is 0. The number of nitrogens with one attached hydrogen (secondary N) is 2. The number of fused-ring (bicyclic) bond motifs is 4. The van der Waals surface area contributed by atoms with E-state index in [1.165, 1.54) is 5.56 Å². The fraction of sp³-hybridized carbons (Fsp3) is 0.240. The molecule has 2 atom stereocenters. The van der Waals surface area contributed by atoms with Gasteiger partial charge in [0.25, 0.3) is 0 Å². The van der Waals surface area contributed by atoms with Gasteiger partial charge in [0, 0.05) is 29.7 Å². The van der Waals surface area contributed by atoms with Crippen LogP contribution in [0, 0.1) is 0 Å². The minimum Gasteiger partial charge on any atom is -0.489 e. The van der Waals surface area contributed by atoms with Crippen molar-refractivity contribution in [2.75, 3.05) is 16.4 Å². The zero-order valence-corrected chi connectivity index (χ0v) is 18.8. The van der Waals surface area contributed by atoms with Gasteiger partial charge < -0.3 is 25.8 Å². The summed E-state index contributed by atoms with van der Waals surface area (Å²) in [7, 11) is 0. The van der Waals surface area contributed by atoms with E-state index in [0.29, 0.717) is 30.7 Å². The molecule has 11 heteroatoms. The molecule has 6 rings (SSSR count). The number of pyridine rings is 1. The second-order valence-corrected chi connectivity index (χ2v) is 8.55. The Morgan fingerprint density at radius 3 is 2.78 bits per heavy atom. The lowest BCUT2D eigenvalue weighted by molar-refractivity contribution is -0.137. The number of carbonyl (C=O) groups is 2. The first-order chi connectivity index (χ1) is 17.2. The average Bonchev–Trinajstić information content (AvgIpc) is 3.52. The van der Waals surface area contributed by atoms with E-state index in [-0.39, 0.29) is 23.7 Å². The maximum atomic E-state index is 12.2. The van der Waals surface area contributed by atoms with E-state index in [9.17, 15) is 22.8 Å². The summed E-state index contributed by atoms with van der Waals surface area (Å²) in [5, 5.41) is 4.87. The topological polar surface area (TPSA) is 116 Å². The number of alkyl halides is 3. The van der Waals surface area contributed by atoms with Gasteiger partial charge in [-0.2, -0.15) is 13.2 Å². The van der Waals surface area contributed by atoms with Crippen molar-refractivity contribution in [2.45, 2.75) is 37.5 Å². The Morgan fingerprint density at radius 2 is 2.00 bits per heavy atom. The predicted molar refractivity (Wildman–Crippen MR) is 125 cm³/mol. The molecule has 1 aliphatic carbocycles. The summed E-state index contributed by atoms with van der Waals surface area (Å²) in [6.45, 7) is 0. The van der Waals surface area contributed by atoms with Crippen molar-refractivity contribution in [3.8, 4) is 17.2 Å². The number of rotatable bonds is 4. The molecule has 8 nitrogen and oxygen atoms in total. The van der Waals surface area contributed by atoms with E-state index in [1.54, 1.807) is 6.20 Å². The first-order valence-corrected chi connectivity index (χ1v) is 11.2. The van der Waals surface area contributed by atoms with Crippen molar-refractivity contribution < 1.29 is 32.2 Å². The molecule has 3 aliphatic rings. The molecule has 0 saturated heterocycles. The second-order valence-electron chi connectivity index (χ2n) is 8.55. The molecule has 186 valence electrons. The van der Waals surface area contributed by atoms with Crippen LogP contribution in [0.15, 0.2) is 48.7 Å². The minimum absolute atomic E-state index is 0.00612. The molecule has 2 aliphatic heterocycles. The summed E-state index contributed by atoms with van der Waals surface area (Å²) in [6, 6.07) is 10.6. The van der Waals surface area contributed by atoms with Crippen LogP contribution >= 0.6 is 0 Å². The van der Waals surface area contributed by atoms with Gasteiger partial charge in [-0.05, 0) is 55.3 Å². The van der Waals surface area contributed by atoms with E-state index in [0.717, 1.165) is 47.4 Å². The van der Waals surface area contributed by atoms with Crippen LogP contribution < -0.4 is 25.8 Å². The Morgan fingerprint density at radius 1 is 1.17 bits per heavy atom. The molecule has 3 heterocycles. The summed E-state index contributed by atoms with van der Waals surface area (Å²) in [5.74, 6) is 3.71. The van der Waals surface area contributed by atoms with E-state index < -0.39 is 11.7 Å². The molecule has 4 N–H and O–H groups in total. The van der Waals surface area contributed by atoms with Gasteiger partial charge >= 0.3 is 6.18 Å². The summed E-state index contributed by atoms with van der Waals surface area (Å²) in [4.78, 5) is 25.7. The van der Waals surface area contributed by atoms with Crippen molar-refractivity contribution in [3.05, 3.63) is 65.4 Å². The number of nitrogens with zero attached hydrogens (tertiary/aromatic N) is 1. The molecule has 2 unspecified atom stereocenters. The van der Waals surface area contributed by atoms with Crippen LogP contribution in [0.3, 0.4) is 0 Å². The third-order valence-electron chi connectivity index (χ3n) is 6.09. The van der Waals surface area contributed by atoms with Gasteiger partial charge in [0.15, 0.2) is 0 Å². The van der Waals surface area contributed by atoms with Crippen LogP contribution in [0.25, 0.3) is 0 Å². The number of benzene rings is 2. The van der Waals surface area contributed by atoms with Gasteiger partial charge in [0.2, 0.25) is 12.3 Å². The van der Waals surface area contributed by atoms with Crippen molar-refractivity contribution >= 4 is 29.5 Å². The number of carbonyl (C=O) groups excluding carboxylic acids is 2. The van der Waals surface area contributed by atoms with Crippen LogP contribution in [-0.2, 0) is 22.2 Å². The zero-order chi connectivity index (χ0) is 25.4. The number of ether oxygens (including phenoxy) is 2. The molecule has 1 fully saturated rings. The van der Waals surface area contributed by atoms with Crippen LogP contribution in [0.1, 0.15) is 35.4 Å². The average molecular weight is 498 g/mol. The molecule has 2 aromatic carbocycles. The third kappa shape index (κ3) is 4.77. The first-order valence-electron chi connectivity index (χ1n) is 11.2. The highest BCUT2D eigenvalue weighted by atomic mass is 19.4. The van der Waals surface area contributed by atoms with Crippen LogP contribution in [-0.4, -0.2) is 23.4 Å². The van der Waals surface area contributed by atoms with Gasteiger partial charge in [-0.1, -0.05) is 0 Å². The number of anilines is 3. The normalized spacial score (nSPS) is 18.8. The van der Waals surface area contributed by atoms with Gasteiger partial charge in [0.1, 0.15) is 29.2 Å². The molecule has 2 amide bonds. The molecule has 1 aromatic heterocycles. The highest BCUT2D eigenvalue weighted by molar-refractivity contribution is 5.93. The summed E-state index contributed by atoms with van der Waals surface area (Å²) in [5.41, 5.74) is 6.73. The maximum absolute atomic E-state index is 12.2. The number of nitrogen functional groups attached to an aromatic ring is 1. The fourth-order valence-electron chi connectivity index (χ4n) is 4.18. The maximum Gasteiger partial charge on any atom is 0.416 e. The van der Waals surface area contributed by atoms with Crippen molar-refractivity contribution in [3.63, 3.8) is 0 Å². The standard InChI is InChI=1S/C17H14N2O3.C8H7F3N2O/c20-16-4-2-10-14(5-6-18-17(10)19-16)21-9-1-3-13-11(7-9)12-8-15(12)22-13;9-8(10,11)5-1-2-6(12)7(3-5)13-4-14/h1,3,5-7,12,15H,2,4,8H2,(H,18,19,20);1-4H,12H2,(H,13,14). The molecular weight excluding hydrogens is 477 g/mol. The Hall–Kier alpha value is -4.28. The minimum atomic E-state index is -4.44. The van der Waals surface area contributed by atoms with Crippen molar-refractivity contribution in [1.29, 1.82) is 0 Å². The van der Waals surface area contributed by atoms with Gasteiger partial charge in [-0.15, -0.1) is 0 Å². The van der Waals surface area contributed by atoms with Crippen LogP contribution in [0.4, 0.5) is 30.4 Å². The quantitative estimate of drug-likeness (QED) is 0.350. The summed E-state index contributed by atoms with van der Waals surface area (Å²) < 4.78 is 48.4. The highest BCUT2D eigenvalue weighted by Crippen LogP contribution is 2.54. The van der Waals surface area contributed by atoms with Crippen molar-refractivity contribution in [2.24, 2.45) is 0 Å². The Labute approximate surface area is 203 Å². The lowest BCUT2D eigenvalue weighted by Gasteiger charge is -2.19. The largest absolute Gasteiger partial charge is 0.489 e. The van der Waals surface area contributed by atoms with Gasteiger partial charge in [0.05, 0.1) is 16.9 Å². The number of hydrogen-bond acceptors (Lipinski definition) is 6. The number of amides is 2. The highest BCUT2D eigenvalue weighted by Gasteiger charge is 2.48. The van der Waals surface area contributed by atoms with Crippen molar-refractivity contribution in [1.82, 2.24) is 4.98 Å². The Bertz CT molecular complexity index is 1350. The molecule has 0 spiro atoms. The second kappa shape index (κ2) is 9.06. The molecule has 0 bridgehead atoms. The van der Waals surface area contributed by atoms with E-state index in [2.05, 4.69) is 21.7 Å². The fourth-order valence-corrected chi connectivity index (χ4v) is 4.18. The van der Waals surface area contributed by atoms with Crippen LogP contribution in [0.5, 0.6) is 17.2 Å². The lowest BCUT2D eigenvalue weighted by Crippen LogP contribution is -2.20. The number of nitrogens with two attached hydrogens (primary N) is 1. The Kier molecular flexibility index (Phi) is 5.91. The molecule has 3 aromatic rings. The number of aromatic nitrogens is 1. The Balaban J connectivity index is 0.000000166. The van der Waals surface area contributed by atoms with Crippen LogP contribution in [0.2, 0.25) is 0 Å². The molecule has 0 radical (unpaired) electrons. The monoisotopic (exact) mass is 498 g/mol. The number of hydrogen-bond donors (Lipinski definition) is 3. The lowest BCUT2D eigenvalue weighted by atomic mass is 10.1. The van der Waals surface area contributed by atoms with E-state index >= 15 is 0 Å². The molecular formula is C25H21F3N4O4. The third-order valence-corrected chi connectivity index (χ3v) is 6.09. The zero-order valence-electron chi connectivity index (χ0n) is 18.8. The molecule has 36 heavy (non-hydrogen) atoms. The van der Waals surface area contributed by atoms with E-state index in [1.807, 2.05) is 18.2 Å². The molecule has 1 saturated carbocycles. The van der Waals surface area contributed by atoms with Gasteiger partial charge in [-0.3, -0.25) is 9.59 Å². The predicted octanol–water partition coefficient (Wildman–Crippen LogP) is 4.86. The van der Waals surface area contributed by atoms with Gasteiger partial charge in [-0.25, -0.2) is 4.98 Å². The smallest absolute Gasteiger partial charge is 0.416 e. The van der Waals surface area contributed by atoms with E-state index in [4.69, 9.17) is 15.2 Å². The summed E-state index contributed by atoms with van der Waals surface area (Å²) in [6.07, 6.45) is 0.119. The SMILES string of the molecule is Nc1ccc(C(F)(F)F)cc1NC=O.O=C1CCc2c(Oc3ccc4c(c3)C3CC3O4)ccnc2N1. The first kappa shape index (κ1) is 23.5. The number of halogens is 3.